The van der Waals surface area contributed by atoms with Crippen LogP contribution in [0.15, 0.2) is 24.4 Å². The van der Waals surface area contributed by atoms with Gasteiger partial charge in [0.2, 0.25) is 5.91 Å². The molecule has 1 aromatic rings. The van der Waals surface area contributed by atoms with Crippen molar-refractivity contribution in [3.05, 3.63) is 24.4 Å². The van der Waals surface area contributed by atoms with Crippen LogP contribution in [0.25, 0.3) is 0 Å². The summed E-state index contributed by atoms with van der Waals surface area (Å²) in [5.74, 6) is 0.846. The SMILES string of the molecule is CCCCC(CC)C(=O)Nc1ccccn1. The van der Waals surface area contributed by atoms with Crippen LogP contribution in [-0.2, 0) is 4.79 Å². The molecule has 3 nitrogen and oxygen atoms in total. The molecule has 1 amide bonds. The van der Waals surface area contributed by atoms with E-state index in [0.29, 0.717) is 5.82 Å². The van der Waals surface area contributed by atoms with Crippen LogP contribution in [0.2, 0.25) is 0 Å². The van der Waals surface area contributed by atoms with Crippen LogP contribution in [0.4, 0.5) is 5.82 Å². The van der Waals surface area contributed by atoms with Gasteiger partial charge in [0, 0.05) is 12.1 Å². The summed E-state index contributed by atoms with van der Waals surface area (Å²) in [7, 11) is 0. The molecule has 0 aromatic carbocycles. The van der Waals surface area contributed by atoms with Gasteiger partial charge in [-0.25, -0.2) is 4.98 Å². The Balaban J connectivity index is 2.49. The number of rotatable bonds is 6. The molecule has 0 saturated carbocycles. The highest BCUT2D eigenvalue weighted by atomic mass is 16.1. The third-order valence-electron chi connectivity index (χ3n) is 2.69. The largest absolute Gasteiger partial charge is 0.310 e. The first kappa shape index (κ1) is 12.7. The molecule has 1 atom stereocenters. The quantitative estimate of drug-likeness (QED) is 0.799. The molecule has 0 radical (unpaired) electrons. The van der Waals surface area contributed by atoms with Gasteiger partial charge in [-0.2, -0.15) is 0 Å². The fourth-order valence-corrected chi connectivity index (χ4v) is 1.64. The smallest absolute Gasteiger partial charge is 0.228 e. The number of nitrogens with zero attached hydrogens (tertiary/aromatic N) is 1. The van der Waals surface area contributed by atoms with Gasteiger partial charge in [-0.05, 0) is 25.0 Å². The van der Waals surface area contributed by atoms with E-state index in [1.807, 2.05) is 18.2 Å². The number of hydrogen-bond donors (Lipinski definition) is 1. The van der Waals surface area contributed by atoms with E-state index in [9.17, 15) is 4.79 Å². The summed E-state index contributed by atoms with van der Waals surface area (Å²) in [6.07, 6.45) is 5.77. The first-order valence-electron chi connectivity index (χ1n) is 5.99. The number of anilines is 1. The predicted octanol–water partition coefficient (Wildman–Crippen LogP) is 3.24. The summed E-state index contributed by atoms with van der Waals surface area (Å²) in [6.45, 7) is 4.20. The molecular formula is C13H20N2O. The summed E-state index contributed by atoms with van der Waals surface area (Å²) in [6, 6.07) is 5.52. The van der Waals surface area contributed by atoms with Crippen molar-refractivity contribution in [2.45, 2.75) is 39.5 Å². The summed E-state index contributed by atoms with van der Waals surface area (Å²) < 4.78 is 0. The molecule has 0 spiro atoms. The van der Waals surface area contributed by atoms with Gasteiger partial charge in [0.25, 0.3) is 0 Å². The fraction of sp³-hybridized carbons (Fsp3) is 0.538. The van der Waals surface area contributed by atoms with Crippen molar-refractivity contribution in [3.63, 3.8) is 0 Å². The molecular weight excluding hydrogens is 200 g/mol. The number of hydrogen-bond acceptors (Lipinski definition) is 2. The fourth-order valence-electron chi connectivity index (χ4n) is 1.64. The van der Waals surface area contributed by atoms with E-state index >= 15 is 0 Å². The Kier molecular flexibility index (Phi) is 5.54. The number of amides is 1. The standard InChI is InChI=1S/C13H20N2O/c1-3-5-8-11(4-2)13(16)15-12-9-6-7-10-14-12/h6-7,9-11H,3-5,8H2,1-2H3,(H,14,15,16). The van der Waals surface area contributed by atoms with Gasteiger partial charge in [-0.1, -0.05) is 32.8 Å². The third kappa shape index (κ3) is 4.01. The van der Waals surface area contributed by atoms with Crippen molar-refractivity contribution in [1.29, 1.82) is 0 Å². The molecule has 88 valence electrons. The summed E-state index contributed by atoms with van der Waals surface area (Å²) in [5, 5.41) is 2.85. The number of carbonyl (C=O) groups excluding carboxylic acids is 1. The van der Waals surface area contributed by atoms with Crippen LogP contribution >= 0.6 is 0 Å². The molecule has 1 rings (SSSR count). The molecule has 0 fully saturated rings. The molecule has 0 aliphatic carbocycles. The van der Waals surface area contributed by atoms with E-state index in [0.717, 1.165) is 25.7 Å². The number of carbonyl (C=O) groups is 1. The van der Waals surface area contributed by atoms with Crippen LogP contribution in [0.5, 0.6) is 0 Å². The Morgan fingerprint density at radius 2 is 2.25 bits per heavy atom. The highest BCUT2D eigenvalue weighted by Gasteiger charge is 2.15. The van der Waals surface area contributed by atoms with Crippen molar-refractivity contribution in [2.24, 2.45) is 5.92 Å². The summed E-state index contributed by atoms with van der Waals surface area (Å²) >= 11 is 0. The summed E-state index contributed by atoms with van der Waals surface area (Å²) in [5.41, 5.74) is 0. The third-order valence-corrected chi connectivity index (χ3v) is 2.69. The molecule has 16 heavy (non-hydrogen) atoms. The van der Waals surface area contributed by atoms with Crippen LogP contribution in [0.3, 0.4) is 0 Å². The van der Waals surface area contributed by atoms with Crippen LogP contribution in [0.1, 0.15) is 39.5 Å². The molecule has 0 bridgehead atoms. The van der Waals surface area contributed by atoms with E-state index < -0.39 is 0 Å². The topological polar surface area (TPSA) is 42.0 Å². The van der Waals surface area contributed by atoms with E-state index in [2.05, 4.69) is 24.1 Å². The molecule has 0 aliphatic heterocycles. The van der Waals surface area contributed by atoms with Crippen LogP contribution < -0.4 is 5.32 Å². The summed E-state index contributed by atoms with van der Waals surface area (Å²) in [4.78, 5) is 16.0. The zero-order chi connectivity index (χ0) is 11.8. The van der Waals surface area contributed by atoms with Crippen molar-refractivity contribution in [2.75, 3.05) is 5.32 Å². The number of pyridine rings is 1. The minimum atomic E-state index is 0.0923. The second kappa shape index (κ2) is 6.99. The van der Waals surface area contributed by atoms with E-state index in [4.69, 9.17) is 0 Å². The molecule has 3 heteroatoms. The van der Waals surface area contributed by atoms with Crippen molar-refractivity contribution in [3.8, 4) is 0 Å². The van der Waals surface area contributed by atoms with Gasteiger partial charge in [0.1, 0.15) is 5.82 Å². The number of nitrogens with one attached hydrogen (secondary N) is 1. The van der Waals surface area contributed by atoms with Crippen molar-refractivity contribution < 1.29 is 4.79 Å². The van der Waals surface area contributed by atoms with Gasteiger partial charge < -0.3 is 5.32 Å². The van der Waals surface area contributed by atoms with Gasteiger partial charge in [-0.15, -0.1) is 0 Å². The monoisotopic (exact) mass is 220 g/mol. The maximum atomic E-state index is 11.9. The Morgan fingerprint density at radius 3 is 2.81 bits per heavy atom. The molecule has 1 unspecified atom stereocenters. The van der Waals surface area contributed by atoms with E-state index in [-0.39, 0.29) is 11.8 Å². The Labute approximate surface area is 97.3 Å². The second-order valence-electron chi connectivity index (χ2n) is 3.95. The second-order valence-corrected chi connectivity index (χ2v) is 3.95. The highest BCUT2D eigenvalue weighted by Crippen LogP contribution is 2.14. The minimum Gasteiger partial charge on any atom is -0.310 e. The molecule has 0 saturated heterocycles. The Hall–Kier alpha value is -1.38. The lowest BCUT2D eigenvalue weighted by Crippen LogP contribution is -2.22. The first-order chi connectivity index (χ1) is 7.77. The number of unbranched alkanes of at least 4 members (excludes halogenated alkanes) is 1. The van der Waals surface area contributed by atoms with Gasteiger partial charge in [0.15, 0.2) is 0 Å². The Bertz CT molecular complexity index is 311. The Morgan fingerprint density at radius 1 is 1.44 bits per heavy atom. The molecule has 1 N–H and O–H groups in total. The molecule has 0 aliphatic rings. The van der Waals surface area contributed by atoms with Gasteiger partial charge in [0.05, 0.1) is 0 Å². The number of aromatic nitrogens is 1. The van der Waals surface area contributed by atoms with Gasteiger partial charge in [-0.3, -0.25) is 4.79 Å². The minimum absolute atomic E-state index is 0.0923. The van der Waals surface area contributed by atoms with Crippen LogP contribution in [0, 0.1) is 5.92 Å². The maximum absolute atomic E-state index is 11.9. The zero-order valence-corrected chi connectivity index (χ0v) is 10.1. The van der Waals surface area contributed by atoms with Crippen molar-refractivity contribution >= 4 is 11.7 Å². The highest BCUT2D eigenvalue weighted by molar-refractivity contribution is 5.91. The average molecular weight is 220 g/mol. The predicted molar refractivity (Wildman–Crippen MR) is 66.2 cm³/mol. The zero-order valence-electron chi connectivity index (χ0n) is 10.1. The van der Waals surface area contributed by atoms with E-state index in [1.165, 1.54) is 0 Å². The lowest BCUT2D eigenvalue weighted by molar-refractivity contribution is -0.120. The molecule has 1 aromatic heterocycles. The average Bonchev–Trinajstić information content (AvgIpc) is 2.31. The first-order valence-corrected chi connectivity index (χ1v) is 5.99. The lowest BCUT2D eigenvalue weighted by Gasteiger charge is -2.13. The molecule has 1 heterocycles. The normalized spacial score (nSPS) is 12.1. The lowest BCUT2D eigenvalue weighted by atomic mass is 9.98. The maximum Gasteiger partial charge on any atom is 0.228 e. The van der Waals surface area contributed by atoms with Crippen LogP contribution in [-0.4, -0.2) is 10.9 Å². The van der Waals surface area contributed by atoms with Crippen molar-refractivity contribution in [1.82, 2.24) is 4.98 Å². The van der Waals surface area contributed by atoms with E-state index in [1.54, 1.807) is 6.20 Å². The van der Waals surface area contributed by atoms with Gasteiger partial charge >= 0.3 is 0 Å².